The molecule has 1 atom stereocenters. The number of halogens is 1. The molecule has 1 aliphatic carbocycles. The van der Waals surface area contributed by atoms with Crippen molar-refractivity contribution >= 4 is 39.1 Å². The molecule has 44 heavy (non-hydrogen) atoms. The second-order valence-electron chi connectivity index (χ2n) is 11.1. The Hall–Kier alpha value is -3.56. The summed E-state index contributed by atoms with van der Waals surface area (Å²) in [5.74, 6) is -0.446. The molecule has 1 fully saturated rings. The van der Waals surface area contributed by atoms with Crippen molar-refractivity contribution in [3.63, 3.8) is 0 Å². The second-order valence-corrected chi connectivity index (χ2v) is 13.4. The quantitative estimate of drug-likeness (QED) is 0.230. The lowest BCUT2D eigenvalue weighted by Gasteiger charge is -2.35. The largest absolute Gasteiger partial charge is 0.492 e. The third kappa shape index (κ3) is 8.12. The number of amides is 2. The average Bonchev–Trinajstić information content (AvgIpc) is 3.02. The standard InChI is InChI=1S/C34H42ClN3O5S/c1-4-30(34(40)36-27-14-7-6-8-15-27)37(23-26-13-9-10-16-29(26)35)33(39)24-38(31-17-11-12-18-32(31)43-5-2)44(41,42)28-21-19-25(3)20-22-28/h9-13,16-22,27,30H,4-8,14-15,23-24H2,1-3H3,(H,36,40)/t30-/m1/s1. The summed E-state index contributed by atoms with van der Waals surface area (Å²) in [5, 5.41) is 3.62. The first-order valence-corrected chi connectivity index (χ1v) is 17.1. The van der Waals surface area contributed by atoms with E-state index in [2.05, 4.69) is 5.32 Å². The lowest BCUT2D eigenvalue weighted by atomic mass is 9.95. The van der Waals surface area contributed by atoms with Crippen LogP contribution in [0.2, 0.25) is 5.02 Å². The van der Waals surface area contributed by atoms with E-state index in [1.165, 1.54) is 17.0 Å². The molecule has 1 saturated carbocycles. The molecule has 3 aromatic carbocycles. The van der Waals surface area contributed by atoms with Crippen LogP contribution in [0.5, 0.6) is 5.75 Å². The van der Waals surface area contributed by atoms with Crippen LogP contribution in [0.15, 0.2) is 77.7 Å². The van der Waals surface area contributed by atoms with Crippen molar-refractivity contribution in [3.05, 3.63) is 88.9 Å². The highest BCUT2D eigenvalue weighted by molar-refractivity contribution is 7.92. The molecule has 0 radical (unpaired) electrons. The van der Waals surface area contributed by atoms with Gasteiger partial charge in [0.2, 0.25) is 11.8 Å². The second kappa shape index (κ2) is 15.4. The van der Waals surface area contributed by atoms with E-state index < -0.39 is 28.5 Å². The number of carbonyl (C=O) groups excluding carboxylic acids is 2. The molecule has 0 saturated heterocycles. The molecule has 0 aliphatic heterocycles. The average molecular weight is 640 g/mol. The molecule has 0 bridgehead atoms. The molecular weight excluding hydrogens is 598 g/mol. The van der Waals surface area contributed by atoms with E-state index in [4.69, 9.17) is 16.3 Å². The fraction of sp³-hybridized carbons (Fsp3) is 0.412. The minimum atomic E-state index is -4.22. The number of carbonyl (C=O) groups is 2. The number of sulfonamides is 1. The number of para-hydroxylation sites is 2. The van der Waals surface area contributed by atoms with E-state index in [0.29, 0.717) is 29.4 Å². The maximum atomic E-state index is 14.4. The minimum absolute atomic E-state index is 0.0423. The summed E-state index contributed by atoms with van der Waals surface area (Å²) >= 11 is 6.52. The highest BCUT2D eigenvalue weighted by atomic mass is 35.5. The van der Waals surface area contributed by atoms with E-state index in [-0.39, 0.29) is 29.1 Å². The van der Waals surface area contributed by atoms with Gasteiger partial charge in [0.1, 0.15) is 18.3 Å². The van der Waals surface area contributed by atoms with Crippen LogP contribution in [0.3, 0.4) is 0 Å². The van der Waals surface area contributed by atoms with Crippen molar-refractivity contribution < 1.29 is 22.7 Å². The van der Waals surface area contributed by atoms with Crippen LogP contribution in [0.25, 0.3) is 0 Å². The van der Waals surface area contributed by atoms with Gasteiger partial charge in [0.15, 0.2) is 0 Å². The first kappa shape index (κ1) is 33.3. The maximum Gasteiger partial charge on any atom is 0.264 e. The van der Waals surface area contributed by atoms with Gasteiger partial charge in [-0.3, -0.25) is 13.9 Å². The highest BCUT2D eigenvalue weighted by Crippen LogP contribution is 2.33. The Bertz CT molecular complexity index is 1520. The van der Waals surface area contributed by atoms with E-state index in [9.17, 15) is 18.0 Å². The third-order valence-electron chi connectivity index (χ3n) is 7.96. The predicted octanol–water partition coefficient (Wildman–Crippen LogP) is 6.50. The van der Waals surface area contributed by atoms with Gasteiger partial charge in [-0.15, -0.1) is 0 Å². The summed E-state index contributed by atoms with van der Waals surface area (Å²) in [6, 6.07) is 19.6. The van der Waals surface area contributed by atoms with Gasteiger partial charge >= 0.3 is 0 Å². The normalized spacial score (nSPS) is 14.5. The molecule has 8 nitrogen and oxygen atoms in total. The topological polar surface area (TPSA) is 96.0 Å². The number of hydrogen-bond acceptors (Lipinski definition) is 5. The Labute approximate surface area is 266 Å². The fourth-order valence-electron chi connectivity index (χ4n) is 5.57. The molecule has 4 rings (SSSR count). The monoisotopic (exact) mass is 639 g/mol. The molecule has 0 aromatic heterocycles. The summed E-state index contributed by atoms with van der Waals surface area (Å²) in [6.45, 7) is 5.34. The summed E-state index contributed by atoms with van der Waals surface area (Å²) in [7, 11) is -4.22. The third-order valence-corrected chi connectivity index (χ3v) is 10.1. The van der Waals surface area contributed by atoms with Gasteiger partial charge in [0.05, 0.1) is 17.2 Å². The molecule has 0 heterocycles. The first-order valence-electron chi connectivity index (χ1n) is 15.3. The first-order chi connectivity index (χ1) is 21.1. The minimum Gasteiger partial charge on any atom is -0.492 e. The molecule has 0 unspecified atom stereocenters. The van der Waals surface area contributed by atoms with Crippen LogP contribution in [0, 0.1) is 6.92 Å². The Morgan fingerprint density at radius 2 is 1.61 bits per heavy atom. The number of anilines is 1. The zero-order valence-corrected chi connectivity index (χ0v) is 27.2. The number of rotatable bonds is 13. The number of aryl methyl sites for hydroxylation is 1. The van der Waals surface area contributed by atoms with E-state index in [1.807, 2.05) is 26.8 Å². The SMILES string of the molecule is CCOc1ccccc1N(CC(=O)N(Cc1ccccc1Cl)[C@H](CC)C(=O)NC1CCCCC1)S(=O)(=O)c1ccc(C)cc1. The van der Waals surface area contributed by atoms with Gasteiger partial charge in [-0.1, -0.05) is 85.8 Å². The number of ether oxygens (including phenoxy) is 1. The Balaban J connectivity index is 1.75. The van der Waals surface area contributed by atoms with Crippen molar-refractivity contribution in [2.75, 3.05) is 17.5 Å². The van der Waals surface area contributed by atoms with Gasteiger partial charge in [-0.25, -0.2) is 8.42 Å². The smallest absolute Gasteiger partial charge is 0.264 e. The van der Waals surface area contributed by atoms with Crippen molar-refractivity contribution in [3.8, 4) is 5.75 Å². The zero-order chi connectivity index (χ0) is 31.7. The summed E-state index contributed by atoms with van der Waals surface area (Å²) < 4.78 is 35.3. The molecule has 0 spiro atoms. The maximum absolute atomic E-state index is 14.4. The Kier molecular flexibility index (Phi) is 11.7. The van der Waals surface area contributed by atoms with Crippen molar-refractivity contribution in [1.82, 2.24) is 10.2 Å². The molecule has 236 valence electrons. The van der Waals surface area contributed by atoms with Crippen LogP contribution in [-0.2, 0) is 26.2 Å². The highest BCUT2D eigenvalue weighted by Gasteiger charge is 2.35. The van der Waals surface area contributed by atoms with E-state index in [0.717, 1.165) is 42.0 Å². The Morgan fingerprint density at radius 3 is 2.27 bits per heavy atom. The number of hydrogen-bond donors (Lipinski definition) is 1. The molecule has 1 N–H and O–H groups in total. The van der Waals surface area contributed by atoms with Crippen LogP contribution < -0.4 is 14.4 Å². The van der Waals surface area contributed by atoms with Crippen molar-refractivity contribution in [2.45, 2.75) is 82.8 Å². The molecular formula is C34H42ClN3O5S. The molecule has 1 aliphatic rings. The summed E-state index contributed by atoms with van der Waals surface area (Å²) in [5.41, 5.74) is 1.80. The Morgan fingerprint density at radius 1 is 0.955 bits per heavy atom. The number of nitrogens with one attached hydrogen (secondary N) is 1. The predicted molar refractivity (Wildman–Crippen MR) is 174 cm³/mol. The van der Waals surface area contributed by atoms with Crippen molar-refractivity contribution in [1.29, 1.82) is 0 Å². The van der Waals surface area contributed by atoms with Gasteiger partial charge in [-0.2, -0.15) is 0 Å². The van der Waals surface area contributed by atoms with Crippen molar-refractivity contribution in [2.24, 2.45) is 0 Å². The molecule has 2 amide bonds. The molecule has 3 aromatic rings. The van der Waals surface area contributed by atoms with Gasteiger partial charge in [0.25, 0.3) is 10.0 Å². The zero-order valence-electron chi connectivity index (χ0n) is 25.7. The van der Waals surface area contributed by atoms with Crippen LogP contribution in [-0.4, -0.2) is 50.4 Å². The van der Waals surface area contributed by atoms with Gasteiger partial charge in [-0.05, 0) is 69.0 Å². The summed E-state index contributed by atoms with van der Waals surface area (Å²) in [6.07, 6.45) is 5.39. The van der Waals surface area contributed by atoms with Crippen LogP contribution in [0.4, 0.5) is 5.69 Å². The van der Waals surface area contributed by atoms with Gasteiger partial charge in [0, 0.05) is 17.6 Å². The van der Waals surface area contributed by atoms with Crippen LogP contribution in [0.1, 0.15) is 63.5 Å². The number of nitrogens with zero attached hydrogens (tertiary/aromatic N) is 2. The summed E-state index contributed by atoms with van der Waals surface area (Å²) in [4.78, 5) is 29.6. The van der Waals surface area contributed by atoms with Gasteiger partial charge < -0.3 is 15.0 Å². The fourth-order valence-corrected chi connectivity index (χ4v) is 7.19. The lowest BCUT2D eigenvalue weighted by Crippen LogP contribution is -2.54. The van der Waals surface area contributed by atoms with Crippen LogP contribution >= 0.6 is 11.6 Å². The van der Waals surface area contributed by atoms with E-state index in [1.54, 1.807) is 54.6 Å². The lowest BCUT2D eigenvalue weighted by molar-refractivity contribution is -0.140. The van der Waals surface area contributed by atoms with E-state index >= 15 is 0 Å². The molecule has 10 heteroatoms. The number of benzene rings is 3.